The third-order valence-electron chi connectivity index (χ3n) is 5.33. The summed E-state index contributed by atoms with van der Waals surface area (Å²) in [6, 6.07) is 0.197. The highest BCUT2D eigenvalue weighted by Gasteiger charge is 2.36. The number of carbonyl (C=O) groups is 3. The first-order valence-electron chi connectivity index (χ1n) is 9.73. The third-order valence-corrected chi connectivity index (χ3v) is 5.33. The molecule has 1 aliphatic carbocycles. The fourth-order valence-corrected chi connectivity index (χ4v) is 3.71. The van der Waals surface area contributed by atoms with Crippen LogP contribution in [0.3, 0.4) is 0 Å². The molecule has 8 nitrogen and oxygen atoms in total. The van der Waals surface area contributed by atoms with E-state index >= 15 is 0 Å². The Labute approximate surface area is 155 Å². The number of nitrogens with zero attached hydrogens (tertiary/aromatic N) is 2. The lowest BCUT2D eigenvalue weighted by Gasteiger charge is -2.43. The van der Waals surface area contributed by atoms with Crippen LogP contribution in [0.15, 0.2) is 0 Å². The molecule has 26 heavy (non-hydrogen) atoms. The van der Waals surface area contributed by atoms with Crippen molar-refractivity contribution < 1.29 is 19.5 Å². The van der Waals surface area contributed by atoms with E-state index in [1.807, 2.05) is 18.7 Å². The maximum Gasteiger partial charge on any atom is 0.317 e. The molecule has 1 atom stereocenters. The standard InChI is InChI=1S/C18H32N4O4/c1-3-7-19-17(25)13-6-5-8-22(11-13)18(26)20-14-9-15(10-14)21(4-2)12-16(23)24/h13-15H,3-12H2,1-2H3,(H,19,25)(H,20,26)(H,23,24). The number of piperidine rings is 1. The summed E-state index contributed by atoms with van der Waals surface area (Å²) in [5.74, 6) is -0.901. The summed E-state index contributed by atoms with van der Waals surface area (Å²) < 4.78 is 0. The van der Waals surface area contributed by atoms with Crippen molar-refractivity contribution in [2.24, 2.45) is 5.92 Å². The maximum absolute atomic E-state index is 12.5. The molecule has 1 aliphatic heterocycles. The molecule has 0 spiro atoms. The van der Waals surface area contributed by atoms with Crippen LogP contribution in [0.2, 0.25) is 0 Å². The van der Waals surface area contributed by atoms with Crippen LogP contribution in [-0.2, 0) is 9.59 Å². The van der Waals surface area contributed by atoms with Gasteiger partial charge < -0.3 is 20.6 Å². The average molecular weight is 368 g/mol. The van der Waals surface area contributed by atoms with Gasteiger partial charge in [-0.15, -0.1) is 0 Å². The summed E-state index contributed by atoms with van der Waals surface area (Å²) in [6.07, 6.45) is 4.13. The Morgan fingerprint density at radius 1 is 1.23 bits per heavy atom. The molecule has 1 saturated carbocycles. The van der Waals surface area contributed by atoms with E-state index in [2.05, 4.69) is 10.6 Å². The van der Waals surface area contributed by atoms with Crippen molar-refractivity contribution in [3.8, 4) is 0 Å². The number of carboxylic acids is 1. The van der Waals surface area contributed by atoms with Crippen LogP contribution in [0.4, 0.5) is 4.79 Å². The van der Waals surface area contributed by atoms with Gasteiger partial charge in [0.05, 0.1) is 12.5 Å². The lowest BCUT2D eigenvalue weighted by molar-refractivity contribution is -0.139. The Morgan fingerprint density at radius 2 is 1.96 bits per heavy atom. The second-order valence-corrected chi connectivity index (χ2v) is 7.30. The van der Waals surface area contributed by atoms with Crippen molar-refractivity contribution in [2.45, 2.75) is 58.0 Å². The van der Waals surface area contributed by atoms with E-state index in [1.165, 1.54) is 0 Å². The quantitative estimate of drug-likeness (QED) is 0.590. The molecule has 2 fully saturated rings. The Bertz CT molecular complexity index is 507. The number of nitrogens with one attached hydrogen (secondary N) is 2. The molecule has 0 aromatic carbocycles. The lowest BCUT2D eigenvalue weighted by atomic mass is 9.85. The van der Waals surface area contributed by atoms with Gasteiger partial charge in [-0.1, -0.05) is 13.8 Å². The zero-order valence-corrected chi connectivity index (χ0v) is 15.9. The largest absolute Gasteiger partial charge is 0.480 e. The van der Waals surface area contributed by atoms with Crippen molar-refractivity contribution >= 4 is 17.9 Å². The topological polar surface area (TPSA) is 102 Å². The molecule has 8 heteroatoms. The van der Waals surface area contributed by atoms with E-state index in [0.29, 0.717) is 26.2 Å². The van der Waals surface area contributed by atoms with Crippen LogP contribution < -0.4 is 10.6 Å². The predicted octanol–water partition coefficient (Wildman–Crippen LogP) is 0.872. The first kappa shape index (κ1) is 20.5. The molecule has 1 heterocycles. The Balaban J connectivity index is 1.74. The number of carboxylic acid groups (broad SMARTS) is 1. The maximum atomic E-state index is 12.5. The Hall–Kier alpha value is -1.83. The summed E-state index contributed by atoms with van der Waals surface area (Å²) in [5, 5.41) is 14.9. The van der Waals surface area contributed by atoms with Crippen LogP contribution in [0.25, 0.3) is 0 Å². The van der Waals surface area contributed by atoms with Crippen molar-refractivity contribution in [1.29, 1.82) is 0 Å². The number of amides is 3. The van der Waals surface area contributed by atoms with Crippen LogP contribution in [-0.4, -0.2) is 77.6 Å². The minimum absolute atomic E-state index is 0.0420. The van der Waals surface area contributed by atoms with Crippen LogP contribution in [0.5, 0.6) is 0 Å². The van der Waals surface area contributed by atoms with Crippen LogP contribution >= 0.6 is 0 Å². The van der Waals surface area contributed by atoms with Gasteiger partial charge in [-0.2, -0.15) is 0 Å². The van der Waals surface area contributed by atoms with E-state index in [4.69, 9.17) is 5.11 Å². The zero-order valence-electron chi connectivity index (χ0n) is 15.9. The van der Waals surface area contributed by atoms with Gasteiger partial charge in [0.25, 0.3) is 0 Å². The molecule has 0 radical (unpaired) electrons. The van der Waals surface area contributed by atoms with E-state index in [-0.39, 0.29) is 36.5 Å². The highest BCUT2D eigenvalue weighted by atomic mass is 16.4. The number of likely N-dealkylation sites (N-methyl/N-ethyl adjacent to an activating group) is 1. The molecule has 0 aromatic rings. The monoisotopic (exact) mass is 368 g/mol. The Kier molecular flexibility index (Phi) is 7.68. The number of hydrogen-bond donors (Lipinski definition) is 3. The van der Waals surface area contributed by atoms with Gasteiger partial charge in [0.15, 0.2) is 0 Å². The molecule has 1 saturated heterocycles. The first-order chi connectivity index (χ1) is 12.4. The molecule has 3 N–H and O–H groups in total. The molecule has 0 bridgehead atoms. The predicted molar refractivity (Wildman–Crippen MR) is 97.8 cm³/mol. The van der Waals surface area contributed by atoms with Gasteiger partial charge >= 0.3 is 12.0 Å². The molecule has 3 amide bonds. The minimum atomic E-state index is -0.819. The molecule has 148 valence electrons. The molecule has 0 aromatic heterocycles. The fraction of sp³-hybridized carbons (Fsp3) is 0.833. The number of carbonyl (C=O) groups excluding carboxylic acids is 2. The minimum Gasteiger partial charge on any atom is -0.480 e. The fourth-order valence-electron chi connectivity index (χ4n) is 3.71. The van der Waals surface area contributed by atoms with E-state index < -0.39 is 5.97 Å². The first-order valence-corrected chi connectivity index (χ1v) is 9.73. The smallest absolute Gasteiger partial charge is 0.317 e. The summed E-state index contributed by atoms with van der Waals surface area (Å²) in [7, 11) is 0. The molecular weight excluding hydrogens is 336 g/mol. The van der Waals surface area contributed by atoms with Gasteiger partial charge in [0.2, 0.25) is 5.91 Å². The second-order valence-electron chi connectivity index (χ2n) is 7.30. The lowest BCUT2D eigenvalue weighted by Crippen LogP contribution is -2.58. The Morgan fingerprint density at radius 3 is 2.58 bits per heavy atom. The molecule has 2 aliphatic rings. The van der Waals surface area contributed by atoms with E-state index in [9.17, 15) is 14.4 Å². The average Bonchev–Trinajstić information content (AvgIpc) is 2.60. The zero-order chi connectivity index (χ0) is 19.1. The van der Waals surface area contributed by atoms with Crippen molar-refractivity contribution in [3.63, 3.8) is 0 Å². The SMILES string of the molecule is CCCNC(=O)C1CCCN(C(=O)NC2CC(N(CC)CC(=O)O)C2)C1. The van der Waals surface area contributed by atoms with Crippen molar-refractivity contribution in [1.82, 2.24) is 20.4 Å². The van der Waals surface area contributed by atoms with Crippen molar-refractivity contribution in [2.75, 3.05) is 32.7 Å². The number of hydrogen-bond acceptors (Lipinski definition) is 4. The van der Waals surface area contributed by atoms with Gasteiger partial charge in [-0.25, -0.2) is 4.79 Å². The molecule has 2 rings (SSSR count). The number of rotatable bonds is 8. The molecular formula is C18H32N4O4. The second kappa shape index (κ2) is 9.75. The van der Waals surface area contributed by atoms with Gasteiger partial charge in [0, 0.05) is 31.7 Å². The summed E-state index contributed by atoms with van der Waals surface area (Å²) in [6.45, 7) is 6.53. The van der Waals surface area contributed by atoms with Gasteiger partial charge in [0.1, 0.15) is 0 Å². The third kappa shape index (κ3) is 5.59. The number of aliphatic carboxylic acids is 1. The van der Waals surface area contributed by atoms with Crippen LogP contribution in [0.1, 0.15) is 46.0 Å². The van der Waals surface area contributed by atoms with Crippen LogP contribution in [0, 0.1) is 5.92 Å². The van der Waals surface area contributed by atoms with Crippen molar-refractivity contribution in [3.05, 3.63) is 0 Å². The summed E-state index contributed by atoms with van der Waals surface area (Å²) >= 11 is 0. The van der Waals surface area contributed by atoms with E-state index in [1.54, 1.807) is 4.90 Å². The normalized spacial score (nSPS) is 25.5. The number of likely N-dealkylation sites (tertiary alicyclic amines) is 1. The van der Waals surface area contributed by atoms with E-state index in [0.717, 1.165) is 32.1 Å². The summed E-state index contributed by atoms with van der Waals surface area (Å²) in [5.41, 5.74) is 0. The number of urea groups is 1. The summed E-state index contributed by atoms with van der Waals surface area (Å²) in [4.78, 5) is 39.2. The highest BCUT2D eigenvalue weighted by Crippen LogP contribution is 2.26. The van der Waals surface area contributed by atoms with Gasteiger partial charge in [-0.05, 0) is 38.6 Å². The highest BCUT2D eigenvalue weighted by molar-refractivity contribution is 5.81. The molecule has 1 unspecified atom stereocenters. The van der Waals surface area contributed by atoms with Gasteiger partial charge in [-0.3, -0.25) is 14.5 Å².